The molecule has 1 aliphatic rings. The van der Waals surface area contributed by atoms with Gasteiger partial charge in [0.25, 0.3) is 0 Å². The Bertz CT molecular complexity index is 604. The Morgan fingerprint density at radius 1 is 1.48 bits per heavy atom. The molecule has 8 heteroatoms. The van der Waals surface area contributed by atoms with E-state index >= 15 is 0 Å². The van der Waals surface area contributed by atoms with Gasteiger partial charge in [-0.1, -0.05) is 22.9 Å². The molecule has 1 unspecified atom stereocenters. The van der Waals surface area contributed by atoms with Gasteiger partial charge in [0.05, 0.1) is 6.61 Å². The zero-order valence-electron chi connectivity index (χ0n) is 11.7. The molecule has 0 saturated carbocycles. The molecule has 1 heterocycles. The fourth-order valence-electron chi connectivity index (χ4n) is 2.11. The topological polar surface area (TPSA) is 67.4 Å². The molecule has 0 aromatic heterocycles. The van der Waals surface area contributed by atoms with Gasteiger partial charge >= 0.3 is 0 Å². The van der Waals surface area contributed by atoms with E-state index < -0.39 is 15.8 Å². The molecule has 5 nitrogen and oxygen atoms in total. The average Bonchev–Trinajstić information content (AvgIpc) is 2.91. The number of hydrogen-bond acceptors (Lipinski definition) is 4. The predicted octanol–water partition coefficient (Wildman–Crippen LogP) is 1.76. The highest BCUT2D eigenvalue weighted by atomic mass is 79.9. The lowest BCUT2D eigenvalue weighted by atomic mass is 10.2. The van der Waals surface area contributed by atoms with Crippen LogP contribution in [0.5, 0.6) is 0 Å². The van der Waals surface area contributed by atoms with Crippen LogP contribution in [-0.4, -0.2) is 34.2 Å². The zero-order valence-corrected chi connectivity index (χ0v) is 14.1. The van der Waals surface area contributed by atoms with Crippen molar-refractivity contribution < 1.29 is 17.5 Å². The maximum atomic E-state index is 14.4. The molecule has 0 radical (unpaired) electrons. The number of halogens is 2. The van der Waals surface area contributed by atoms with Crippen molar-refractivity contribution in [1.29, 1.82) is 0 Å². The SMILES string of the molecule is CCNCc1cc(Br)cc(S(=O)(=O)NC2CCOC2)c1F. The molecule has 1 aromatic rings. The van der Waals surface area contributed by atoms with E-state index in [-0.39, 0.29) is 17.5 Å². The second kappa shape index (κ2) is 7.15. The van der Waals surface area contributed by atoms with Crippen molar-refractivity contribution in [3.8, 4) is 0 Å². The molecule has 1 aliphatic heterocycles. The summed E-state index contributed by atoms with van der Waals surface area (Å²) in [6, 6.07) is 2.56. The Balaban J connectivity index is 2.30. The fraction of sp³-hybridized carbons (Fsp3) is 0.538. The normalized spacial score (nSPS) is 19.1. The molecule has 1 fully saturated rings. The van der Waals surface area contributed by atoms with Gasteiger partial charge in [-0.2, -0.15) is 0 Å². The molecule has 21 heavy (non-hydrogen) atoms. The molecular weight excluding hydrogens is 363 g/mol. The summed E-state index contributed by atoms with van der Waals surface area (Å²) in [7, 11) is -3.91. The van der Waals surface area contributed by atoms with Crippen LogP contribution < -0.4 is 10.0 Å². The van der Waals surface area contributed by atoms with Crippen LogP contribution in [0.3, 0.4) is 0 Å². The van der Waals surface area contributed by atoms with Gasteiger partial charge < -0.3 is 10.1 Å². The lowest BCUT2D eigenvalue weighted by Crippen LogP contribution is -2.35. The van der Waals surface area contributed by atoms with Crippen LogP contribution in [0.4, 0.5) is 4.39 Å². The summed E-state index contributed by atoms with van der Waals surface area (Å²) in [5, 5.41) is 2.99. The maximum Gasteiger partial charge on any atom is 0.243 e. The van der Waals surface area contributed by atoms with Gasteiger partial charge in [-0.15, -0.1) is 0 Å². The van der Waals surface area contributed by atoms with Crippen molar-refractivity contribution in [3.63, 3.8) is 0 Å². The molecule has 2 rings (SSSR count). The standard InChI is InChI=1S/C13H18BrFN2O3S/c1-2-16-7-9-5-10(14)6-12(13(9)15)21(18,19)17-11-3-4-20-8-11/h5-6,11,16-17H,2-4,7-8H2,1H3. The largest absolute Gasteiger partial charge is 0.380 e. The summed E-state index contributed by atoms with van der Waals surface area (Å²) in [5.41, 5.74) is 0.314. The van der Waals surface area contributed by atoms with E-state index in [0.717, 1.165) is 0 Å². The van der Waals surface area contributed by atoms with Crippen LogP contribution in [0.2, 0.25) is 0 Å². The first-order chi connectivity index (χ1) is 9.94. The van der Waals surface area contributed by atoms with E-state index in [0.29, 0.717) is 36.2 Å². The van der Waals surface area contributed by atoms with Gasteiger partial charge in [0, 0.05) is 29.2 Å². The number of nitrogens with one attached hydrogen (secondary N) is 2. The van der Waals surface area contributed by atoms with E-state index in [1.807, 2.05) is 6.92 Å². The molecule has 0 aliphatic carbocycles. The molecule has 0 bridgehead atoms. The predicted molar refractivity (Wildman–Crippen MR) is 81.0 cm³/mol. The third kappa shape index (κ3) is 4.23. The monoisotopic (exact) mass is 380 g/mol. The van der Waals surface area contributed by atoms with E-state index in [9.17, 15) is 12.8 Å². The molecular formula is C13H18BrFN2O3S. The van der Waals surface area contributed by atoms with Crippen LogP contribution in [-0.2, 0) is 21.3 Å². The smallest absolute Gasteiger partial charge is 0.243 e. The molecule has 1 atom stereocenters. The number of ether oxygens (including phenoxy) is 1. The first-order valence-corrected chi connectivity index (χ1v) is 9.00. The Morgan fingerprint density at radius 3 is 2.86 bits per heavy atom. The molecule has 2 N–H and O–H groups in total. The fourth-order valence-corrected chi connectivity index (χ4v) is 4.17. The molecule has 0 amide bonds. The minimum atomic E-state index is -3.91. The van der Waals surface area contributed by atoms with Crippen LogP contribution in [0, 0.1) is 5.82 Å². The Labute approximate surface area is 132 Å². The van der Waals surface area contributed by atoms with Crippen LogP contribution in [0.1, 0.15) is 18.9 Å². The van der Waals surface area contributed by atoms with Crippen molar-refractivity contribution in [2.45, 2.75) is 30.8 Å². The first kappa shape index (κ1) is 16.8. The van der Waals surface area contributed by atoms with Gasteiger partial charge in [-0.05, 0) is 25.1 Å². The minimum Gasteiger partial charge on any atom is -0.380 e. The number of rotatable bonds is 6. The summed E-state index contributed by atoms with van der Waals surface area (Å²) < 4.78 is 47.3. The van der Waals surface area contributed by atoms with Gasteiger partial charge in [0.1, 0.15) is 10.7 Å². The second-order valence-electron chi connectivity index (χ2n) is 4.84. The van der Waals surface area contributed by atoms with Gasteiger partial charge in [-0.3, -0.25) is 0 Å². The van der Waals surface area contributed by atoms with Crippen molar-refractivity contribution in [2.24, 2.45) is 0 Å². The summed E-state index contributed by atoms with van der Waals surface area (Å²) in [6.07, 6.45) is 0.596. The second-order valence-corrected chi connectivity index (χ2v) is 7.44. The van der Waals surface area contributed by atoms with Gasteiger partial charge in [0.15, 0.2) is 0 Å². The lowest BCUT2D eigenvalue weighted by molar-refractivity contribution is 0.192. The highest BCUT2D eigenvalue weighted by Crippen LogP contribution is 2.24. The highest BCUT2D eigenvalue weighted by Gasteiger charge is 2.27. The van der Waals surface area contributed by atoms with Crippen molar-refractivity contribution in [2.75, 3.05) is 19.8 Å². The first-order valence-electron chi connectivity index (χ1n) is 6.72. The summed E-state index contributed by atoms with van der Waals surface area (Å²) >= 11 is 3.23. The zero-order chi connectivity index (χ0) is 15.5. The quantitative estimate of drug-likeness (QED) is 0.788. The highest BCUT2D eigenvalue weighted by molar-refractivity contribution is 9.10. The molecule has 0 spiro atoms. The van der Waals surface area contributed by atoms with Crippen molar-refractivity contribution in [3.05, 3.63) is 28.0 Å². The maximum absolute atomic E-state index is 14.4. The third-order valence-corrected chi connectivity index (χ3v) is 5.16. The number of benzene rings is 1. The number of hydrogen-bond donors (Lipinski definition) is 2. The lowest BCUT2D eigenvalue weighted by Gasteiger charge is -2.14. The van der Waals surface area contributed by atoms with Gasteiger partial charge in [0.2, 0.25) is 10.0 Å². The Hall–Kier alpha value is -0.540. The van der Waals surface area contributed by atoms with Crippen LogP contribution in [0.25, 0.3) is 0 Å². The number of sulfonamides is 1. The van der Waals surface area contributed by atoms with Crippen molar-refractivity contribution >= 4 is 26.0 Å². The van der Waals surface area contributed by atoms with Crippen LogP contribution >= 0.6 is 15.9 Å². The third-order valence-electron chi connectivity index (χ3n) is 3.19. The summed E-state index contributed by atoms with van der Waals surface area (Å²) in [4.78, 5) is -0.336. The average molecular weight is 381 g/mol. The van der Waals surface area contributed by atoms with E-state index in [1.54, 1.807) is 6.07 Å². The molecule has 1 saturated heterocycles. The molecule has 118 valence electrons. The summed E-state index contributed by atoms with van der Waals surface area (Å²) in [5.74, 6) is -0.717. The molecule has 1 aromatic carbocycles. The van der Waals surface area contributed by atoms with Gasteiger partial charge in [-0.25, -0.2) is 17.5 Å². The Morgan fingerprint density at radius 2 is 2.24 bits per heavy atom. The van der Waals surface area contributed by atoms with E-state index in [2.05, 4.69) is 26.0 Å². The van der Waals surface area contributed by atoms with E-state index in [4.69, 9.17) is 4.74 Å². The van der Waals surface area contributed by atoms with Crippen LogP contribution in [0.15, 0.2) is 21.5 Å². The summed E-state index contributed by atoms with van der Waals surface area (Å²) in [6.45, 7) is 3.68. The minimum absolute atomic E-state index is 0.275. The van der Waals surface area contributed by atoms with E-state index in [1.165, 1.54) is 6.07 Å². The van der Waals surface area contributed by atoms with Crippen molar-refractivity contribution in [1.82, 2.24) is 10.0 Å². The Kier molecular flexibility index (Phi) is 5.73.